The maximum atomic E-state index is 3.44. The van der Waals surface area contributed by atoms with Gasteiger partial charge in [0, 0.05) is 11.7 Å². The lowest BCUT2D eigenvalue weighted by atomic mass is 10.1. The van der Waals surface area contributed by atoms with Gasteiger partial charge in [-0.3, -0.25) is 0 Å². The van der Waals surface area contributed by atoms with Crippen molar-refractivity contribution < 1.29 is 0 Å². The molecule has 1 heterocycles. The molecule has 0 spiro atoms. The number of aryl methyl sites for hydroxylation is 1. The molecule has 1 aromatic carbocycles. The normalized spacial score (nSPS) is 21.1. The fourth-order valence-corrected chi connectivity index (χ4v) is 1.65. The van der Waals surface area contributed by atoms with Gasteiger partial charge in [0.15, 0.2) is 0 Å². The van der Waals surface area contributed by atoms with Crippen LogP contribution in [0.1, 0.15) is 18.1 Å². The van der Waals surface area contributed by atoms with Gasteiger partial charge in [-0.2, -0.15) is 0 Å². The number of nitrogens with one attached hydrogen (secondary N) is 1. The van der Waals surface area contributed by atoms with Gasteiger partial charge in [0.25, 0.3) is 0 Å². The maximum absolute atomic E-state index is 3.44. The van der Waals surface area contributed by atoms with Gasteiger partial charge in [0.1, 0.15) is 0 Å². The fourth-order valence-electron chi connectivity index (χ4n) is 1.65. The lowest BCUT2D eigenvalue weighted by Crippen LogP contribution is -2.08. The molecule has 0 saturated carbocycles. The Kier molecular flexibility index (Phi) is 1.38. The molecule has 11 heavy (non-hydrogen) atoms. The van der Waals surface area contributed by atoms with Crippen LogP contribution >= 0.6 is 0 Å². The van der Waals surface area contributed by atoms with E-state index in [9.17, 15) is 0 Å². The lowest BCUT2D eigenvalue weighted by Gasteiger charge is -2.02. The van der Waals surface area contributed by atoms with Crippen molar-refractivity contribution in [1.82, 2.24) is 0 Å². The van der Waals surface area contributed by atoms with Gasteiger partial charge < -0.3 is 5.32 Å². The number of anilines is 1. The van der Waals surface area contributed by atoms with Crippen molar-refractivity contribution in [2.45, 2.75) is 26.3 Å². The number of hydrogen-bond acceptors (Lipinski definition) is 1. The quantitative estimate of drug-likeness (QED) is 0.594. The van der Waals surface area contributed by atoms with Crippen molar-refractivity contribution in [3.05, 3.63) is 29.3 Å². The van der Waals surface area contributed by atoms with Crippen molar-refractivity contribution in [3.8, 4) is 0 Å². The van der Waals surface area contributed by atoms with Crippen LogP contribution in [-0.2, 0) is 6.42 Å². The van der Waals surface area contributed by atoms with Crippen LogP contribution in [-0.4, -0.2) is 6.04 Å². The Balaban J connectivity index is 2.43. The first-order valence-corrected chi connectivity index (χ1v) is 4.12. The molecule has 1 atom stereocenters. The summed E-state index contributed by atoms with van der Waals surface area (Å²) in [6.45, 7) is 4.35. The fraction of sp³-hybridized carbons (Fsp3) is 0.400. The number of benzene rings is 1. The highest BCUT2D eigenvalue weighted by atomic mass is 14.9. The highest BCUT2D eigenvalue weighted by Crippen LogP contribution is 2.26. The summed E-state index contributed by atoms with van der Waals surface area (Å²) in [4.78, 5) is 0. The number of fused-ring (bicyclic) bond motifs is 1. The first-order valence-electron chi connectivity index (χ1n) is 4.12. The summed E-state index contributed by atoms with van der Waals surface area (Å²) >= 11 is 0. The van der Waals surface area contributed by atoms with Gasteiger partial charge in [-0.1, -0.05) is 12.1 Å². The predicted octanol–water partition coefficient (Wildman–Crippen LogP) is 2.35. The third kappa shape index (κ3) is 1.11. The molecule has 0 aliphatic carbocycles. The smallest absolute Gasteiger partial charge is 0.0378 e. The van der Waals surface area contributed by atoms with Gasteiger partial charge in [0.2, 0.25) is 0 Å². The Morgan fingerprint density at radius 2 is 2.27 bits per heavy atom. The summed E-state index contributed by atoms with van der Waals surface area (Å²) in [7, 11) is 0. The first kappa shape index (κ1) is 6.71. The number of hydrogen-bond donors (Lipinski definition) is 1. The van der Waals surface area contributed by atoms with Crippen molar-refractivity contribution in [2.75, 3.05) is 5.32 Å². The summed E-state index contributed by atoms with van der Waals surface area (Å²) in [5.41, 5.74) is 4.13. The molecule has 58 valence electrons. The molecule has 0 fully saturated rings. The molecule has 1 aliphatic rings. The third-order valence-electron chi connectivity index (χ3n) is 2.19. The van der Waals surface area contributed by atoms with E-state index in [1.54, 1.807) is 0 Å². The first-order chi connectivity index (χ1) is 5.25. The van der Waals surface area contributed by atoms with Gasteiger partial charge in [-0.05, 0) is 37.5 Å². The van der Waals surface area contributed by atoms with E-state index in [1.165, 1.54) is 23.2 Å². The third-order valence-corrected chi connectivity index (χ3v) is 2.19. The molecule has 1 heteroatoms. The second kappa shape index (κ2) is 2.26. The van der Waals surface area contributed by atoms with Crippen LogP contribution in [0.5, 0.6) is 0 Å². The van der Waals surface area contributed by atoms with E-state index in [1.807, 2.05) is 0 Å². The monoisotopic (exact) mass is 147 g/mol. The largest absolute Gasteiger partial charge is 0.382 e. The molecule has 0 aromatic heterocycles. The van der Waals surface area contributed by atoms with Crippen molar-refractivity contribution in [1.29, 1.82) is 0 Å². The minimum Gasteiger partial charge on any atom is -0.382 e. The van der Waals surface area contributed by atoms with Crippen LogP contribution in [0.2, 0.25) is 0 Å². The highest BCUT2D eigenvalue weighted by Gasteiger charge is 2.15. The molecular weight excluding hydrogens is 134 g/mol. The van der Waals surface area contributed by atoms with E-state index in [4.69, 9.17) is 0 Å². The molecule has 1 nitrogen and oxygen atoms in total. The van der Waals surface area contributed by atoms with Crippen LogP contribution < -0.4 is 5.32 Å². The Bertz CT molecular complexity index is 278. The molecule has 1 unspecified atom stereocenters. The summed E-state index contributed by atoms with van der Waals surface area (Å²) in [6, 6.07) is 7.24. The molecule has 2 rings (SSSR count). The van der Waals surface area contributed by atoms with E-state index in [0.29, 0.717) is 6.04 Å². The standard InChI is InChI=1S/C10H13N/c1-7-3-4-9-6-8(2)11-10(9)5-7/h3-5,8,11H,6H2,1-2H3. The summed E-state index contributed by atoms with van der Waals surface area (Å²) < 4.78 is 0. The molecule has 0 bridgehead atoms. The summed E-state index contributed by atoms with van der Waals surface area (Å²) in [6.07, 6.45) is 1.18. The van der Waals surface area contributed by atoms with Crippen LogP contribution in [0.15, 0.2) is 18.2 Å². The zero-order valence-corrected chi connectivity index (χ0v) is 7.02. The SMILES string of the molecule is Cc1ccc2c(c1)NC(C)C2. The molecule has 0 saturated heterocycles. The molecule has 1 aromatic rings. The summed E-state index contributed by atoms with van der Waals surface area (Å²) in [5, 5.41) is 3.44. The minimum atomic E-state index is 0.617. The van der Waals surface area contributed by atoms with E-state index in [0.717, 1.165) is 0 Å². The van der Waals surface area contributed by atoms with E-state index >= 15 is 0 Å². The molecular formula is C10H13N. The second-order valence-corrected chi connectivity index (χ2v) is 3.41. The summed E-state index contributed by atoms with van der Waals surface area (Å²) in [5.74, 6) is 0. The Labute approximate surface area is 67.4 Å². The van der Waals surface area contributed by atoms with Gasteiger partial charge in [0.05, 0.1) is 0 Å². The maximum Gasteiger partial charge on any atom is 0.0378 e. The van der Waals surface area contributed by atoms with Crippen LogP contribution in [0.25, 0.3) is 0 Å². The van der Waals surface area contributed by atoms with Crippen molar-refractivity contribution in [3.63, 3.8) is 0 Å². The van der Waals surface area contributed by atoms with Gasteiger partial charge >= 0.3 is 0 Å². The molecule has 1 aliphatic heterocycles. The Morgan fingerprint density at radius 3 is 3.09 bits per heavy atom. The van der Waals surface area contributed by atoms with Crippen LogP contribution in [0.4, 0.5) is 5.69 Å². The zero-order chi connectivity index (χ0) is 7.84. The average molecular weight is 147 g/mol. The number of rotatable bonds is 0. The van der Waals surface area contributed by atoms with Crippen LogP contribution in [0, 0.1) is 6.92 Å². The molecule has 1 N–H and O–H groups in total. The minimum absolute atomic E-state index is 0.617. The molecule has 0 amide bonds. The highest BCUT2D eigenvalue weighted by molar-refractivity contribution is 5.57. The Hall–Kier alpha value is -0.980. The predicted molar refractivity (Wildman–Crippen MR) is 48.0 cm³/mol. The van der Waals surface area contributed by atoms with E-state index < -0.39 is 0 Å². The van der Waals surface area contributed by atoms with Gasteiger partial charge in [-0.15, -0.1) is 0 Å². The lowest BCUT2D eigenvalue weighted by molar-refractivity contribution is 0.839. The second-order valence-electron chi connectivity index (χ2n) is 3.41. The van der Waals surface area contributed by atoms with Crippen LogP contribution in [0.3, 0.4) is 0 Å². The molecule has 0 radical (unpaired) electrons. The van der Waals surface area contributed by atoms with E-state index in [2.05, 4.69) is 37.4 Å². The van der Waals surface area contributed by atoms with Crippen molar-refractivity contribution in [2.24, 2.45) is 0 Å². The Morgan fingerprint density at radius 1 is 1.45 bits per heavy atom. The van der Waals surface area contributed by atoms with Gasteiger partial charge in [-0.25, -0.2) is 0 Å². The van der Waals surface area contributed by atoms with Crippen molar-refractivity contribution >= 4 is 5.69 Å². The van der Waals surface area contributed by atoms with E-state index in [-0.39, 0.29) is 0 Å². The average Bonchev–Trinajstić information content (AvgIpc) is 2.27. The topological polar surface area (TPSA) is 12.0 Å². The zero-order valence-electron chi connectivity index (χ0n) is 7.02.